The van der Waals surface area contributed by atoms with Gasteiger partial charge in [-0.15, -0.1) is 11.6 Å². The molecule has 1 heterocycles. The molecule has 0 fully saturated rings. The maximum Gasteiger partial charge on any atom is 0.215 e. The van der Waals surface area contributed by atoms with Crippen LogP contribution in [0, 0.1) is 0 Å². The summed E-state index contributed by atoms with van der Waals surface area (Å²) in [7, 11) is -1.77. The van der Waals surface area contributed by atoms with E-state index in [4.69, 9.17) is 16.0 Å². The van der Waals surface area contributed by atoms with Crippen molar-refractivity contribution in [2.24, 2.45) is 0 Å². The molecule has 0 amide bonds. The van der Waals surface area contributed by atoms with Gasteiger partial charge in [-0.25, -0.2) is 8.42 Å². The first kappa shape index (κ1) is 13.0. The number of furan rings is 1. The Kier molecular flexibility index (Phi) is 4.64. The maximum atomic E-state index is 11.5. The van der Waals surface area contributed by atoms with Crippen LogP contribution in [0.25, 0.3) is 0 Å². The lowest BCUT2D eigenvalue weighted by molar-refractivity contribution is 0.399. The molecule has 86 valence electrons. The van der Waals surface area contributed by atoms with E-state index in [2.05, 4.69) is 15.9 Å². The van der Waals surface area contributed by atoms with Gasteiger partial charge in [-0.05, 0) is 28.1 Å². The second kappa shape index (κ2) is 5.34. The van der Waals surface area contributed by atoms with E-state index >= 15 is 0 Å². The van der Waals surface area contributed by atoms with Crippen LogP contribution in [-0.2, 0) is 16.6 Å². The number of hydrogen-bond acceptors (Lipinski definition) is 3. The van der Waals surface area contributed by atoms with Gasteiger partial charge in [0.25, 0.3) is 0 Å². The quantitative estimate of drug-likeness (QED) is 0.781. The van der Waals surface area contributed by atoms with E-state index in [1.807, 2.05) is 0 Å². The summed E-state index contributed by atoms with van der Waals surface area (Å²) >= 11 is 8.55. The number of hydrogen-bond donors (Lipinski definition) is 0. The van der Waals surface area contributed by atoms with Crippen LogP contribution >= 0.6 is 27.5 Å². The van der Waals surface area contributed by atoms with Gasteiger partial charge in [0.05, 0.1) is 12.3 Å². The molecule has 4 nitrogen and oxygen atoms in total. The number of nitrogens with zero attached hydrogens (tertiary/aromatic N) is 1. The Bertz CT molecular complexity index is 417. The first-order chi connectivity index (χ1) is 6.95. The fourth-order valence-electron chi connectivity index (χ4n) is 1.01. The molecule has 0 spiro atoms. The van der Waals surface area contributed by atoms with E-state index in [-0.39, 0.29) is 18.2 Å². The Balaban J connectivity index is 2.67. The fraction of sp³-hybridized carbons (Fsp3) is 0.500. The molecule has 0 saturated carbocycles. The van der Waals surface area contributed by atoms with Gasteiger partial charge in [0.1, 0.15) is 5.76 Å². The Morgan fingerprint density at radius 2 is 2.20 bits per heavy atom. The summed E-state index contributed by atoms with van der Waals surface area (Å²) < 4.78 is 30.1. The molecular formula is C8H11BrClNO3S. The number of rotatable bonds is 5. The van der Waals surface area contributed by atoms with Gasteiger partial charge in [0.15, 0.2) is 4.67 Å². The molecule has 0 saturated heterocycles. The second-order valence-corrected chi connectivity index (χ2v) is 6.32. The fourth-order valence-corrected chi connectivity index (χ4v) is 2.76. The molecule has 0 unspecified atom stereocenters. The number of alkyl halides is 1. The van der Waals surface area contributed by atoms with E-state index < -0.39 is 10.0 Å². The minimum atomic E-state index is -3.27. The Labute approximate surface area is 102 Å². The first-order valence-corrected chi connectivity index (χ1v) is 7.13. The van der Waals surface area contributed by atoms with Crippen molar-refractivity contribution in [2.75, 3.05) is 18.7 Å². The van der Waals surface area contributed by atoms with Crippen LogP contribution in [0.5, 0.6) is 0 Å². The average Bonchev–Trinajstić information content (AvgIpc) is 2.51. The van der Waals surface area contributed by atoms with Crippen molar-refractivity contribution in [3.8, 4) is 0 Å². The highest BCUT2D eigenvalue weighted by Gasteiger charge is 2.18. The van der Waals surface area contributed by atoms with Crippen molar-refractivity contribution >= 4 is 37.6 Å². The van der Waals surface area contributed by atoms with Crippen LogP contribution in [0.2, 0.25) is 0 Å². The molecule has 15 heavy (non-hydrogen) atoms. The summed E-state index contributed by atoms with van der Waals surface area (Å²) in [5.74, 6) is 0.615. The average molecular weight is 317 g/mol. The van der Waals surface area contributed by atoms with E-state index in [0.717, 1.165) is 0 Å². The largest absolute Gasteiger partial charge is 0.453 e. The highest BCUT2D eigenvalue weighted by atomic mass is 79.9. The molecule has 1 aromatic heterocycles. The molecule has 0 aliphatic carbocycles. The van der Waals surface area contributed by atoms with Gasteiger partial charge in [-0.1, -0.05) is 0 Å². The predicted octanol–water partition coefficient (Wildman–Crippen LogP) is 2.04. The van der Waals surface area contributed by atoms with Gasteiger partial charge in [0.2, 0.25) is 10.0 Å². The molecule has 0 aliphatic rings. The molecule has 0 aromatic carbocycles. The molecule has 0 aliphatic heterocycles. The molecule has 0 atom stereocenters. The van der Waals surface area contributed by atoms with Crippen molar-refractivity contribution in [2.45, 2.75) is 6.54 Å². The van der Waals surface area contributed by atoms with Crippen molar-refractivity contribution < 1.29 is 12.8 Å². The zero-order valence-corrected chi connectivity index (χ0v) is 11.3. The zero-order chi connectivity index (χ0) is 11.5. The van der Waals surface area contributed by atoms with Crippen LogP contribution in [0.4, 0.5) is 0 Å². The van der Waals surface area contributed by atoms with Crippen LogP contribution in [0.1, 0.15) is 5.76 Å². The highest BCUT2D eigenvalue weighted by molar-refractivity contribution is 9.10. The van der Waals surface area contributed by atoms with E-state index in [1.165, 1.54) is 11.4 Å². The first-order valence-electron chi connectivity index (χ1n) is 4.20. The molecule has 0 bridgehead atoms. The van der Waals surface area contributed by atoms with Gasteiger partial charge < -0.3 is 4.42 Å². The smallest absolute Gasteiger partial charge is 0.215 e. The zero-order valence-electron chi connectivity index (χ0n) is 8.11. The van der Waals surface area contributed by atoms with Crippen molar-refractivity contribution in [1.82, 2.24) is 4.31 Å². The molecular weight excluding hydrogens is 306 g/mol. The van der Waals surface area contributed by atoms with Crippen molar-refractivity contribution in [3.05, 3.63) is 22.6 Å². The predicted molar refractivity (Wildman–Crippen MR) is 62.4 cm³/mol. The Hall–Kier alpha value is -0.0400. The summed E-state index contributed by atoms with van der Waals surface area (Å²) in [5, 5.41) is 0. The van der Waals surface area contributed by atoms with Crippen LogP contribution in [0.3, 0.4) is 0 Å². The number of halogens is 2. The standard InChI is InChI=1S/C8H11BrClNO3S/c1-11(15(12,13)5-4-10)6-7-2-3-8(9)14-7/h2-3H,4-6H2,1H3. The molecule has 0 N–H and O–H groups in total. The van der Waals surface area contributed by atoms with Crippen LogP contribution < -0.4 is 0 Å². The van der Waals surface area contributed by atoms with Gasteiger partial charge in [-0.3, -0.25) is 0 Å². The third kappa shape index (κ3) is 3.79. The van der Waals surface area contributed by atoms with E-state index in [9.17, 15) is 8.42 Å². The normalized spacial score (nSPS) is 12.3. The summed E-state index contributed by atoms with van der Waals surface area (Å²) in [6.07, 6.45) is 0. The van der Waals surface area contributed by atoms with Crippen molar-refractivity contribution in [3.63, 3.8) is 0 Å². The third-order valence-electron chi connectivity index (χ3n) is 1.82. The Morgan fingerprint density at radius 1 is 1.53 bits per heavy atom. The molecule has 1 rings (SSSR count). The topological polar surface area (TPSA) is 50.5 Å². The van der Waals surface area contributed by atoms with Gasteiger partial charge in [-0.2, -0.15) is 4.31 Å². The lowest BCUT2D eigenvalue weighted by Crippen LogP contribution is -2.29. The minimum Gasteiger partial charge on any atom is -0.453 e. The summed E-state index contributed by atoms with van der Waals surface area (Å²) in [5.41, 5.74) is 0. The molecule has 7 heteroatoms. The van der Waals surface area contributed by atoms with E-state index in [1.54, 1.807) is 12.1 Å². The highest BCUT2D eigenvalue weighted by Crippen LogP contribution is 2.16. The SMILES string of the molecule is CN(Cc1ccc(Br)o1)S(=O)(=O)CCCl. The van der Waals surface area contributed by atoms with Gasteiger partial charge >= 0.3 is 0 Å². The number of sulfonamides is 1. The summed E-state index contributed by atoms with van der Waals surface area (Å²) in [6, 6.07) is 3.44. The lowest BCUT2D eigenvalue weighted by Gasteiger charge is -2.14. The third-order valence-corrected chi connectivity index (χ3v) is 4.46. The monoisotopic (exact) mass is 315 g/mol. The summed E-state index contributed by atoms with van der Waals surface area (Å²) in [6.45, 7) is 0.213. The van der Waals surface area contributed by atoms with Crippen molar-refractivity contribution in [1.29, 1.82) is 0 Å². The maximum absolute atomic E-state index is 11.5. The van der Waals surface area contributed by atoms with Crippen LogP contribution in [-0.4, -0.2) is 31.4 Å². The lowest BCUT2D eigenvalue weighted by atomic mass is 10.4. The minimum absolute atomic E-state index is 0.0626. The van der Waals surface area contributed by atoms with Crippen LogP contribution in [0.15, 0.2) is 21.2 Å². The van der Waals surface area contributed by atoms with E-state index in [0.29, 0.717) is 10.4 Å². The molecule has 0 radical (unpaired) electrons. The summed E-state index contributed by atoms with van der Waals surface area (Å²) in [4.78, 5) is 0. The molecule has 1 aromatic rings. The van der Waals surface area contributed by atoms with Gasteiger partial charge in [0, 0.05) is 12.9 Å². The Morgan fingerprint density at radius 3 is 2.67 bits per heavy atom. The second-order valence-electron chi connectivity index (χ2n) is 2.97.